The fraction of sp³-hybridized carbons (Fsp3) is 0.588. The van der Waals surface area contributed by atoms with Crippen LogP contribution in [0.3, 0.4) is 0 Å². The predicted molar refractivity (Wildman–Crippen MR) is 88.9 cm³/mol. The largest absolute Gasteiger partial charge is 0.444 e. The Bertz CT molecular complexity index is 512. The van der Waals surface area contributed by atoms with Gasteiger partial charge >= 0.3 is 6.09 Å². The van der Waals surface area contributed by atoms with Crippen molar-refractivity contribution in [1.29, 1.82) is 0 Å². The average molecular weight is 321 g/mol. The molecule has 1 heterocycles. The minimum atomic E-state index is -0.516. The Kier molecular flexibility index (Phi) is 7.00. The monoisotopic (exact) mass is 321 g/mol. The maximum Gasteiger partial charge on any atom is 0.407 e. The molecule has 6 heteroatoms. The lowest BCUT2D eigenvalue weighted by molar-refractivity contribution is -0.132. The number of pyridine rings is 1. The number of rotatable bonds is 6. The molecule has 1 unspecified atom stereocenters. The summed E-state index contributed by atoms with van der Waals surface area (Å²) in [5, 5.41) is 2.65. The van der Waals surface area contributed by atoms with Crippen molar-refractivity contribution in [2.24, 2.45) is 0 Å². The van der Waals surface area contributed by atoms with E-state index in [2.05, 4.69) is 10.3 Å². The van der Waals surface area contributed by atoms with Gasteiger partial charge in [-0.1, -0.05) is 6.07 Å². The van der Waals surface area contributed by atoms with E-state index < -0.39 is 11.7 Å². The number of nitrogens with zero attached hydrogens (tertiary/aromatic N) is 2. The molecule has 0 bridgehead atoms. The molecule has 1 aromatic heterocycles. The minimum absolute atomic E-state index is 0.0224. The van der Waals surface area contributed by atoms with Crippen molar-refractivity contribution in [3.63, 3.8) is 0 Å². The summed E-state index contributed by atoms with van der Waals surface area (Å²) in [5.74, 6) is 0.0224. The van der Waals surface area contributed by atoms with Crippen LogP contribution >= 0.6 is 0 Å². The smallest absolute Gasteiger partial charge is 0.407 e. The Labute approximate surface area is 138 Å². The molecule has 6 nitrogen and oxygen atoms in total. The maximum atomic E-state index is 12.2. The quantitative estimate of drug-likeness (QED) is 0.818. The van der Waals surface area contributed by atoms with Crippen molar-refractivity contribution in [2.75, 3.05) is 13.6 Å². The van der Waals surface area contributed by atoms with E-state index in [9.17, 15) is 9.59 Å². The van der Waals surface area contributed by atoms with Crippen LogP contribution in [0.1, 0.15) is 52.3 Å². The molecule has 1 rings (SSSR count). The van der Waals surface area contributed by atoms with E-state index in [0.29, 0.717) is 19.4 Å². The van der Waals surface area contributed by atoms with E-state index in [-0.39, 0.29) is 11.9 Å². The van der Waals surface area contributed by atoms with Gasteiger partial charge in [-0.15, -0.1) is 0 Å². The van der Waals surface area contributed by atoms with Crippen LogP contribution < -0.4 is 5.32 Å². The fourth-order valence-corrected chi connectivity index (χ4v) is 1.96. The highest BCUT2D eigenvalue weighted by molar-refractivity contribution is 5.76. The van der Waals surface area contributed by atoms with Crippen molar-refractivity contribution in [3.8, 4) is 0 Å². The van der Waals surface area contributed by atoms with Crippen molar-refractivity contribution in [2.45, 2.75) is 52.2 Å². The van der Waals surface area contributed by atoms with Gasteiger partial charge in [0, 0.05) is 26.2 Å². The second-order valence-corrected chi connectivity index (χ2v) is 6.47. The van der Waals surface area contributed by atoms with Gasteiger partial charge in [-0.2, -0.15) is 0 Å². The molecule has 1 atom stereocenters. The molecule has 0 fully saturated rings. The van der Waals surface area contributed by atoms with E-state index in [1.165, 1.54) is 0 Å². The van der Waals surface area contributed by atoms with Gasteiger partial charge in [0.15, 0.2) is 0 Å². The number of alkyl carbamates (subject to hydrolysis) is 1. The summed E-state index contributed by atoms with van der Waals surface area (Å²) in [5.41, 5.74) is 0.341. The first-order valence-electron chi connectivity index (χ1n) is 7.84. The second kappa shape index (κ2) is 8.50. The van der Waals surface area contributed by atoms with Gasteiger partial charge in [0.2, 0.25) is 5.91 Å². The summed E-state index contributed by atoms with van der Waals surface area (Å²) >= 11 is 0. The van der Waals surface area contributed by atoms with Crippen LogP contribution in [0.25, 0.3) is 0 Å². The van der Waals surface area contributed by atoms with E-state index in [0.717, 1.165) is 5.69 Å². The van der Waals surface area contributed by atoms with Crippen molar-refractivity contribution in [3.05, 3.63) is 30.1 Å². The molecule has 128 valence electrons. The molecule has 0 aliphatic rings. The zero-order valence-corrected chi connectivity index (χ0v) is 14.6. The minimum Gasteiger partial charge on any atom is -0.444 e. The van der Waals surface area contributed by atoms with Gasteiger partial charge in [0.1, 0.15) is 5.60 Å². The number of carbonyl (C=O) groups excluding carboxylic acids is 2. The predicted octanol–water partition coefficient (Wildman–Crippen LogP) is 2.91. The van der Waals surface area contributed by atoms with Crippen molar-refractivity contribution < 1.29 is 14.3 Å². The molecule has 23 heavy (non-hydrogen) atoms. The third-order valence-corrected chi connectivity index (χ3v) is 3.33. The van der Waals surface area contributed by atoms with E-state index in [4.69, 9.17) is 4.74 Å². The molecule has 0 radical (unpaired) electrons. The third-order valence-electron chi connectivity index (χ3n) is 3.33. The Morgan fingerprint density at radius 2 is 2.04 bits per heavy atom. The summed E-state index contributed by atoms with van der Waals surface area (Å²) in [4.78, 5) is 29.6. The molecule has 1 N–H and O–H groups in total. The number of carbonyl (C=O) groups is 2. The van der Waals surface area contributed by atoms with E-state index >= 15 is 0 Å². The molecular weight excluding hydrogens is 294 g/mol. The summed E-state index contributed by atoms with van der Waals surface area (Å²) in [6.45, 7) is 7.78. The number of hydrogen-bond acceptors (Lipinski definition) is 4. The first-order chi connectivity index (χ1) is 10.7. The standard InChI is InChI=1S/C17H27N3O3/c1-13(14-9-6-7-11-18-14)20(5)15(21)10-8-12-19-16(22)23-17(2,3)4/h6-7,9,11,13H,8,10,12H2,1-5H3,(H,19,22). The van der Waals surface area contributed by atoms with Gasteiger partial charge < -0.3 is 15.0 Å². The topological polar surface area (TPSA) is 71.5 Å². The molecule has 0 aromatic carbocycles. The number of amides is 2. The highest BCUT2D eigenvalue weighted by atomic mass is 16.6. The second-order valence-electron chi connectivity index (χ2n) is 6.47. The molecule has 1 aromatic rings. The van der Waals surface area contributed by atoms with Crippen LogP contribution in [0.15, 0.2) is 24.4 Å². The highest BCUT2D eigenvalue weighted by Gasteiger charge is 2.18. The lowest BCUT2D eigenvalue weighted by atomic mass is 10.1. The van der Waals surface area contributed by atoms with Crippen LogP contribution in [0.4, 0.5) is 4.79 Å². The number of aromatic nitrogens is 1. The van der Waals surface area contributed by atoms with E-state index in [1.807, 2.05) is 45.9 Å². The van der Waals surface area contributed by atoms with Crippen LogP contribution in [-0.4, -0.2) is 41.1 Å². The van der Waals surface area contributed by atoms with Crippen LogP contribution in [0.5, 0.6) is 0 Å². The van der Waals surface area contributed by atoms with Gasteiger partial charge in [0.05, 0.1) is 11.7 Å². The molecule has 0 spiro atoms. The van der Waals surface area contributed by atoms with Crippen LogP contribution in [-0.2, 0) is 9.53 Å². The Balaban J connectivity index is 2.32. The summed E-state index contributed by atoms with van der Waals surface area (Å²) < 4.78 is 5.13. The highest BCUT2D eigenvalue weighted by Crippen LogP contribution is 2.16. The Morgan fingerprint density at radius 3 is 2.61 bits per heavy atom. The normalized spacial score (nSPS) is 12.4. The van der Waals surface area contributed by atoms with Crippen LogP contribution in [0.2, 0.25) is 0 Å². The average Bonchev–Trinajstić information content (AvgIpc) is 2.49. The Hall–Kier alpha value is -2.11. The zero-order valence-electron chi connectivity index (χ0n) is 14.6. The summed E-state index contributed by atoms with van der Waals surface area (Å²) in [6, 6.07) is 5.57. The van der Waals surface area contributed by atoms with Crippen molar-refractivity contribution >= 4 is 12.0 Å². The Morgan fingerprint density at radius 1 is 1.35 bits per heavy atom. The first kappa shape index (κ1) is 18.9. The number of nitrogens with one attached hydrogen (secondary N) is 1. The maximum absolute atomic E-state index is 12.2. The lowest BCUT2D eigenvalue weighted by Crippen LogP contribution is -2.34. The van der Waals surface area contributed by atoms with Crippen LogP contribution in [0, 0.1) is 0 Å². The third kappa shape index (κ3) is 7.13. The molecule has 0 aliphatic carbocycles. The summed E-state index contributed by atoms with van der Waals surface area (Å²) in [6.07, 6.45) is 2.19. The molecular formula is C17H27N3O3. The first-order valence-corrected chi connectivity index (χ1v) is 7.84. The lowest BCUT2D eigenvalue weighted by Gasteiger charge is -2.24. The molecule has 0 saturated carbocycles. The van der Waals surface area contributed by atoms with Gasteiger partial charge in [-0.25, -0.2) is 4.79 Å². The molecule has 0 aliphatic heterocycles. The zero-order chi connectivity index (χ0) is 17.5. The summed E-state index contributed by atoms with van der Waals surface area (Å²) in [7, 11) is 1.77. The fourth-order valence-electron chi connectivity index (χ4n) is 1.96. The molecule has 2 amide bonds. The van der Waals surface area contributed by atoms with Gasteiger partial charge in [-0.05, 0) is 46.2 Å². The van der Waals surface area contributed by atoms with E-state index in [1.54, 1.807) is 18.1 Å². The number of hydrogen-bond donors (Lipinski definition) is 1. The molecule has 0 saturated heterocycles. The number of ether oxygens (including phenoxy) is 1. The van der Waals surface area contributed by atoms with Crippen molar-refractivity contribution in [1.82, 2.24) is 15.2 Å². The SMILES string of the molecule is CC(c1ccccn1)N(C)C(=O)CCCNC(=O)OC(C)(C)C. The van der Waals surface area contributed by atoms with Gasteiger partial charge in [0.25, 0.3) is 0 Å². The van der Waals surface area contributed by atoms with Gasteiger partial charge in [-0.3, -0.25) is 9.78 Å².